The maximum atomic E-state index is 13.1. The van der Waals surface area contributed by atoms with Crippen LogP contribution >= 0.6 is 0 Å². The number of hydrogen-bond acceptors (Lipinski definition) is 4. The van der Waals surface area contributed by atoms with Gasteiger partial charge >= 0.3 is 0 Å². The van der Waals surface area contributed by atoms with Crippen LogP contribution in [0.4, 0.5) is 5.69 Å². The quantitative estimate of drug-likeness (QED) is 0.867. The van der Waals surface area contributed by atoms with E-state index in [0.29, 0.717) is 24.2 Å². The van der Waals surface area contributed by atoms with Crippen LogP contribution in [0.3, 0.4) is 0 Å². The lowest BCUT2D eigenvalue weighted by atomic mass is 9.47. The van der Waals surface area contributed by atoms with Crippen LogP contribution in [0.25, 0.3) is 0 Å². The summed E-state index contributed by atoms with van der Waals surface area (Å²) in [6, 6.07) is 8.15. The smallest absolute Gasteiger partial charge is 0.223 e. The Kier molecular flexibility index (Phi) is 4.34. The number of nitrogens with zero attached hydrogens (tertiary/aromatic N) is 2. The van der Waals surface area contributed by atoms with Gasteiger partial charge in [0.05, 0.1) is 12.7 Å². The second-order valence-electron chi connectivity index (χ2n) is 9.93. The molecule has 4 aliphatic carbocycles. The molecule has 0 radical (unpaired) electrons. The van der Waals surface area contributed by atoms with E-state index in [0.717, 1.165) is 69.7 Å². The molecular weight excluding hydrogens is 352 g/mol. The van der Waals surface area contributed by atoms with Crippen molar-refractivity contribution >= 4 is 11.6 Å². The van der Waals surface area contributed by atoms with Gasteiger partial charge in [-0.25, -0.2) is 0 Å². The second-order valence-corrected chi connectivity index (χ2v) is 9.93. The summed E-state index contributed by atoms with van der Waals surface area (Å²) >= 11 is 0. The van der Waals surface area contributed by atoms with Crippen LogP contribution in [0, 0.1) is 17.3 Å². The summed E-state index contributed by atoms with van der Waals surface area (Å²) in [6.45, 7) is 3.29. The highest BCUT2D eigenvalue weighted by atomic mass is 16.5. The Bertz CT molecular complexity index is 742. The molecule has 28 heavy (non-hydrogen) atoms. The Hall–Kier alpha value is -1.75. The maximum absolute atomic E-state index is 13.1. The van der Waals surface area contributed by atoms with Crippen molar-refractivity contribution in [3.8, 4) is 5.75 Å². The van der Waals surface area contributed by atoms with E-state index >= 15 is 0 Å². The minimum Gasteiger partial charge on any atom is -0.497 e. The molecule has 1 heterocycles. The standard InChI is InChI=1S/C23H32N2O3/c1-28-20-4-2-3-19(10-20)24-5-7-25(8-6-24)21(26)15-22-11-17-9-18(12-22)14-23(27,13-17)16-22/h2-4,10,17-18,27H,5-9,11-16H2,1H3/t17-,18-,22?,23?/m1/s1. The van der Waals surface area contributed by atoms with Crippen LogP contribution in [0.1, 0.15) is 44.9 Å². The van der Waals surface area contributed by atoms with Crippen molar-refractivity contribution in [1.82, 2.24) is 4.90 Å². The first-order valence-electron chi connectivity index (χ1n) is 10.9. The topological polar surface area (TPSA) is 53.0 Å². The molecule has 5 nitrogen and oxygen atoms in total. The first-order valence-corrected chi connectivity index (χ1v) is 10.9. The number of ether oxygens (including phenoxy) is 1. The van der Waals surface area contributed by atoms with E-state index in [1.165, 1.54) is 6.42 Å². The van der Waals surface area contributed by atoms with Gasteiger partial charge in [-0.05, 0) is 67.9 Å². The molecular formula is C23H32N2O3. The lowest BCUT2D eigenvalue weighted by molar-refractivity contribution is -0.172. The van der Waals surface area contributed by atoms with E-state index in [1.54, 1.807) is 7.11 Å². The zero-order chi connectivity index (χ0) is 19.4. The minimum absolute atomic E-state index is 0.0693. The fourth-order valence-corrected chi connectivity index (χ4v) is 7.06. The number of amides is 1. The van der Waals surface area contributed by atoms with Crippen molar-refractivity contribution in [2.45, 2.75) is 50.5 Å². The molecule has 6 rings (SSSR count). The Morgan fingerprint density at radius 3 is 2.50 bits per heavy atom. The summed E-state index contributed by atoms with van der Waals surface area (Å²) < 4.78 is 5.34. The number of anilines is 1. The molecule has 0 aromatic heterocycles. The molecule has 1 aromatic rings. The highest BCUT2D eigenvalue weighted by Crippen LogP contribution is 2.62. The highest BCUT2D eigenvalue weighted by molar-refractivity contribution is 5.77. The van der Waals surface area contributed by atoms with E-state index in [-0.39, 0.29) is 5.41 Å². The third-order valence-corrected chi connectivity index (χ3v) is 7.73. The number of methoxy groups -OCH3 is 1. The van der Waals surface area contributed by atoms with Gasteiger partial charge in [-0.1, -0.05) is 6.07 Å². The molecule has 1 aliphatic heterocycles. The molecule has 5 fully saturated rings. The lowest BCUT2D eigenvalue weighted by Gasteiger charge is -2.60. The predicted molar refractivity (Wildman–Crippen MR) is 108 cm³/mol. The van der Waals surface area contributed by atoms with Gasteiger partial charge in [0.15, 0.2) is 0 Å². The summed E-state index contributed by atoms with van der Waals surface area (Å²) in [4.78, 5) is 17.5. The molecule has 152 valence electrons. The van der Waals surface area contributed by atoms with Gasteiger partial charge in [-0.15, -0.1) is 0 Å². The minimum atomic E-state index is -0.477. The Balaban J connectivity index is 1.21. The molecule has 0 unspecified atom stereocenters. The number of benzene rings is 1. The Morgan fingerprint density at radius 1 is 1.14 bits per heavy atom. The van der Waals surface area contributed by atoms with Crippen molar-refractivity contribution in [3.05, 3.63) is 24.3 Å². The fourth-order valence-electron chi connectivity index (χ4n) is 7.06. The van der Waals surface area contributed by atoms with Crippen molar-refractivity contribution < 1.29 is 14.6 Å². The van der Waals surface area contributed by atoms with E-state index in [9.17, 15) is 9.90 Å². The molecule has 4 bridgehead atoms. The van der Waals surface area contributed by atoms with Gasteiger partial charge in [0.25, 0.3) is 0 Å². The average molecular weight is 385 g/mol. The van der Waals surface area contributed by atoms with E-state index < -0.39 is 5.60 Å². The Morgan fingerprint density at radius 2 is 1.86 bits per heavy atom. The summed E-state index contributed by atoms with van der Waals surface area (Å²) in [5.74, 6) is 2.46. The van der Waals surface area contributed by atoms with Crippen molar-refractivity contribution in [3.63, 3.8) is 0 Å². The molecule has 5 heteroatoms. The largest absolute Gasteiger partial charge is 0.497 e. The molecule has 0 spiro atoms. The molecule has 1 N–H and O–H groups in total. The third-order valence-electron chi connectivity index (χ3n) is 7.73. The summed E-state index contributed by atoms with van der Waals surface area (Å²) in [5, 5.41) is 11.0. The van der Waals surface area contributed by atoms with Gasteiger partial charge in [0.2, 0.25) is 5.91 Å². The van der Waals surface area contributed by atoms with Gasteiger partial charge in [-0.3, -0.25) is 4.79 Å². The van der Waals surface area contributed by atoms with E-state index in [2.05, 4.69) is 21.9 Å². The van der Waals surface area contributed by atoms with Crippen LogP contribution in [0.15, 0.2) is 24.3 Å². The van der Waals surface area contributed by atoms with Crippen molar-refractivity contribution in [2.24, 2.45) is 17.3 Å². The van der Waals surface area contributed by atoms with Crippen molar-refractivity contribution in [1.29, 1.82) is 0 Å². The predicted octanol–water partition coefficient (Wildman–Crippen LogP) is 3.07. The fraction of sp³-hybridized carbons (Fsp3) is 0.696. The van der Waals surface area contributed by atoms with E-state index in [1.807, 2.05) is 12.1 Å². The number of carbonyl (C=O) groups excluding carboxylic acids is 1. The van der Waals surface area contributed by atoms with E-state index in [4.69, 9.17) is 4.74 Å². The first-order chi connectivity index (χ1) is 13.5. The van der Waals surface area contributed by atoms with Crippen LogP contribution in [-0.4, -0.2) is 54.8 Å². The van der Waals surface area contributed by atoms with Gasteiger partial charge in [0, 0.05) is 44.4 Å². The van der Waals surface area contributed by atoms with Gasteiger partial charge in [0.1, 0.15) is 5.75 Å². The molecule has 1 aromatic carbocycles. The number of hydrogen-bond donors (Lipinski definition) is 1. The maximum Gasteiger partial charge on any atom is 0.223 e. The molecule has 5 aliphatic rings. The molecule has 2 atom stereocenters. The zero-order valence-electron chi connectivity index (χ0n) is 16.9. The monoisotopic (exact) mass is 384 g/mol. The average Bonchev–Trinajstić information content (AvgIpc) is 2.66. The Labute approximate surface area is 167 Å². The summed E-state index contributed by atoms with van der Waals surface area (Å²) in [7, 11) is 1.69. The summed E-state index contributed by atoms with van der Waals surface area (Å²) in [6.07, 6.45) is 7.02. The summed E-state index contributed by atoms with van der Waals surface area (Å²) in [5.41, 5.74) is 0.754. The van der Waals surface area contributed by atoms with Crippen molar-refractivity contribution in [2.75, 3.05) is 38.2 Å². The molecule has 1 amide bonds. The molecule has 4 saturated carbocycles. The number of aliphatic hydroxyl groups is 1. The van der Waals surface area contributed by atoms with Crippen LogP contribution < -0.4 is 9.64 Å². The van der Waals surface area contributed by atoms with Crippen LogP contribution in [-0.2, 0) is 4.79 Å². The zero-order valence-corrected chi connectivity index (χ0v) is 16.9. The number of piperazine rings is 1. The number of rotatable bonds is 4. The SMILES string of the molecule is COc1cccc(N2CCN(C(=O)CC34C[C@H]5C[C@@H](CC(O)(C5)C3)C4)CC2)c1. The first kappa shape index (κ1) is 18.3. The third kappa shape index (κ3) is 3.28. The lowest BCUT2D eigenvalue weighted by Crippen LogP contribution is -2.57. The number of carbonyl (C=O) groups is 1. The highest BCUT2D eigenvalue weighted by Gasteiger charge is 2.57. The second kappa shape index (κ2) is 6.65. The van der Waals surface area contributed by atoms with Crippen LogP contribution in [0.5, 0.6) is 5.75 Å². The molecule has 1 saturated heterocycles. The normalized spacial score (nSPS) is 36.6. The van der Waals surface area contributed by atoms with Crippen LogP contribution in [0.2, 0.25) is 0 Å². The van der Waals surface area contributed by atoms with Gasteiger partial charge < -0.3 is 19.6 Å². The van der Waals surface area contributed by atoms with Gasteiger partial charge in [-0.2, -0.15) is 0 Å².